The van der Waals surface area contributed by atoms with Gasteiger partial charge in [0.05, 0.1) is 16.3 Å². The van der Waals surface area contributed by atoms with Gasteiger partial charge in [-0.05, 0) is 69.6 Å². The number of aryl methyl sites for hydroxylation is 1. The number of nitrogens with two attached hydrogens (primary N) is 1. The van der Waals surface area contributed by atoms with Gasteiger partial charge in [0.25, 0.3) is 0 Å². The standard InChI is InChI=1S/C24H30ClF3N6O/c1-33(2)21-17-5-3-4-6-20(17)31-23(32-21)30-14-7-9-15(10-8-14)34(22(29)35)16-11-12-19(25)18(13-16)24(26,27)28/h11-15H,3-10H2,1-2H3,(H2,29,35)(H,30,31,32). The monoisotopic (exact) mass is 510 g/mol. The number of carbonyl (C=O) groups excluding carboxylic acids is 1. The summed E-state index contributed by atoms with van der Waals surface area (Å²) in [6.45, 7) is 0. The number of primary amides is 1. The molecule has 0 atom stereocenters. The minimum atomic E-state index is -4.63. The van der Waals surface area contributed by atoms with Crippen molar-refractivity contribution in [1.82, 2.24) is 9.97 Å². The highest BCUT2D eigenvalue weighted by Crippen LogP contribution is 2.38. The van der Waals surface area contributed by atoms with Crippen LogP contribution in [-0.4, -0.2) is 42.2 Å². The first-order valence-electron chi connectivity index (χ1n) is 11.8. The second kappa shape index (κ2) is 10.1. The van der Waals surface area contributed by atoms with Gasteiger partial charge >= 0.3 is 12.2 Å². The first-order valence-corrected chi connectivity index (χ1v) is 12.2. The number of anilines is 3. The highest BCUT2D eigenvalue weighted by molar-refractivity contribution is 6.31. The summed E-state index contributed by atoms with van der Waals surface area (Å²) in [4.78, 5) is 25.0. The average molecular weight is 511 g/mol. The van der Waals surface area contributed by atoms with E-state index in [-0.39, 0.29) is 17.8 Å². The van der Waals surface area contributed by atoms with Gasteiger partial charge in [0.15, 0.2) is 0 Å². The number of alkyl halides is 3. The van der Waals surface area contributed by atoms with Crippen LogP contribution in [0.25, 0.3) is 0 Å². The summed E-state index contributed by atoms with van der Waals surface area (Å²) in [6, 6.07) is 2.43. The van der Waals surface area contributed by atoms with Crippen molar-refractivity contribution < 1.29 is 18.0 Å². The highest BCUT2D eigenvalue weighted by Gasteiger charge is 2.36. The van der Waals surface area contributed by atoms with Crippen LogP contribution in [0.3, 0.4) is 0 Å². The van der Waals surface area contributed by atoms with E-state index in [2.05, 4.69) is 5.32 Å². The molecule has 0 spiro atoms. The van der Waals surface area contributed by atoms with Gasteiger partial charge in [-0.3, -0.25) is 4.90 Å². The fourth-order valence-corrected chi connectivity index (χ4v) is 5.29. The van der Waals surface area contributed by atoms with Crippen molar-refractivity contribution in [2.75, 3.05) is 29.2 Å². The number of nitrogens with zero attached hydrogens (tertiary/aromatic N) is 4. The van der Waals surface area contributed by atoms with Gasteiger partial charge in [0, 0.05) is 37.4 Å². The van der Waals surface area contributed by atoms with E-state index in [1.807, 2.05) is 19.0 Å². The van der Waals surface area contributed by atoms with Crippen molar-refractivity contribution in [2.45, 2.75) is 69.6 Å². The summed E-state index contributed by atoms with van der Waals surface area (Å²) in [5.41, 5.74) is 7.02. The van der Waals surface area contributed by atoms with Crippen LogP contribution in [0, 0.1) is 0 Å². The van der Waals surface area contributed by atoms with E-state index in [4.69, 9.17) is 27.3 Å². The zero-order valence-corrected chi connectivity index (χ0v) is 20.6. The predicted octanol–water partition coefficient (Wildman–Crippen LogP) is 5.40. The smallest absolute Gasteiger partial charge is 0.362 e. The average Bonchev–Trinajstić information content (AvgIpc) is 2.80. The summed E-state index contributed by atoms with van der Waals surface area (Å²) < 4.78 is 40.0. The number of aromatic nitrogens is 2. The highest BCUT2D eigenvalue weighted by atomic mass is 35.5. The molecule has 0 bridgehead atoms. The molecule has 0 saturated heterocycles. The normalized spacial score (nSPS) is 20.2. The zero-order valence-electron chi connectivity index (χ0n) is 19.8. The van der Waals surface area contributed by atoms with Gasteiger partial charge < -0.3 is 16.0 Å². The van der Waals surface area contributed by atoms with Crippen molar-refractivity contribution in [3.05, 3.63) is 40.0 Å². The largest absolute Gasteiger partial charge is 0.417 e. The van der Waals surface area contributed by atoms with E-state index in [0.717, 1.165) is 49.3 Å². The predicted molar refractivity (Wildman–Crippen MR) is 131 cm³/mol. The third-order valence-corrected chi connectivity index (χ3v) is 7.08. The minimum Gasteiger partial charge on any atom is -0.362 e. The Balaban J connectivity index is 1.47. The molecule has 1 fully saturated rings. The Bertz CT molecular complexity index is 1090. The SMILES string of the molecule is CN(C)c1nc(NC2CCC(N(C(N)=O)c3ccc(Cl)c(C(F)(F)F)c3)CC2)nc2c1CCCC2. The van der Waals surface area contributed by atoms with Crippen LogP contribution in [0.2, 0.25) is 5.02 Å². The lowest BCUT2D eigenvalue weighted by atomic mass is 9.90. The minimum absolute atomic E-state index is 0.0913. The number of halogens is 4. The molecule has 7 nitrogen and oxygen atoms in total. The number of urea groups is 1. The molecule has 11 heteroatoms. The molecule has 2 aliphatic rings. The van der Waals surface area contributed by atoms with Gasteiger partial charge in [-0.15, -0.1) is 0 Å². The molecule has 1 aromatic carbocycles. The third kappa shape index (κ3) is 5.58. The quantitative estimate of drug-likeness (QED) is 0.562. The lowest BCUT2D eigenvalue weighted by molar-refractivity contribution is -0.137. The molecule has 0 unspecified atom stereocenters. The first kappa shape index (κ1) is 25.3. The van der Waals surface area contributed by atoms with Crippen LogP contribution in [0.1, 0.15) is 55.3 Å². The summed E-state index contributed by atoms with van der Waals surface area (Å²) in [5, 5.41) is 3.03. The van der Waals surface area contributed by atoms with Crippen molar-refractivity contribution in [1.29, 1.82) is 0 Å². The van der Waals surface area contributed by atoms with Crippen LogP contribution < -0.4 is 20.9 Å². The molecule has 2 aliphatic carbocycles. The van der Waals surface area contributed by atoms with Crippen LogP contribution >= 0.6 is 11.6 Å². The van der Waals surface area contributed by atoms with Crippen LogP contribution in [0.4, 0.5) is 35.4 Å². The Morgan fingerprint density at radius 2 is 1.80 bits per heavy atom. The maximum atomic E-state index is 13.3. The molecule has 4 rings (SSSR count). The second-order valence-electron chi connectivity index (χ2n) is 9.42. The number of carbonyl (C=O) groups is 1. The fraction of sp³-hybridized carbons (Fsp3) is 0.542. The lowest BCUT2D eigenvalue weighted by Gasteiger charge is -2.36. The van der Waals surface area contributed by atoms with E-state index in [9.17, 15) is 18.0 Å². The van der Waals surface area contributed by atoms with Gasteiger partial charge in [0.1, 0.15) is 5.82 Å². The molecule has 1 heterocycles. The maximum absolute atomic E-state index is 13.3. The number of benzene rings is 1. The van der Waals surface area contributed by atoms with E-state index < -0.39 is 22.8 Å². The Labute approximate surface area is 207 Å². The molecule has 3 N–H and O–H groups in total. The molecule has 0 aliphatic heterocycles. The first-order chi connectivity index (χ1) is 16.5. The third-order valence-electron chi connectivity index (χ3n) is 6.75. The van der Waals surface area contributed by atoms with Crippen LogP contribution in [0.5, 0.6) is 0 Å². The van der Waals surface area contributed by atoms with Gasteiger partial charge in [-0.25, -0.2) is 9.78 Å². The molecule has 1 aromatic heterocycles. The molecule has 35 heavy (non-hydrogen) atoms. The number of fused-ring (bicyclic) bond motifs is 1. The van der Waals surface area contributed by atoms with Gasteiger partial charge in [0.2, 0.25) is 5.95 Å². The van der Waals surface area contributed by atoms with Crippen LogP contribution in [0.15, 0.2) is 18.2 Å². The Kier molecular flexibility index (Phi) is 7.30. The molecule has 0 radical (unpaired) electrons. The Morgan fingerprint density at radius 3 is 2.43 bits per heavy atom. The number of hydrogen-bond donors (Lipinski definition) is 2. The van der Waals surface area contributed by atoms with E-state index in [1.165, 1.54) is 16.5 Å². The van der Waals surface area contributed by atoms with Crippen molar-refractivity contribution in [2.24, 2.45) is 5.73 Å². The number of amides is 2. The number of nitrogens with one attached hydrogen (secondary N) is 1. The van der Waals surface area contributed by atoms with E-state index in [1.54, 1.807) is 0 Å². The van der Waals surface area contributed by atoms with E-state index >= 15 is 0 Å². The topological polar surface area (TPSA) is 87.4 Å². The second-order valence-corrected chi connectivity index (χ2v) is 9.82. The van der Waals surface area contributed by atoms with Crippen molar-refractivity contribution in [3.63, 3.8) is 0 Å². The summed E-state index contributed by atoms with van der Waals surface area (Å²) >= 11 is 5.74. The fourth-order valence-electron chi connectivity index (χ4n) is 5.07. The molecule has 2 aromatic rings. The van der Waals surface area contributed by atoms with E-state index in [0.29, 0.717) is 31.6 Å². The summed E-state index contributed by atoms with van der Waals surface area (Å²) in [5.74, 6) is 1.53. The molecule has 1 saturated carbocycles. The Hall–Kier alpha value is -2.75. The van der Waals surface area contributed by atoms with Gasteiger partial charge in [-0.1, -0.05) is 11.6 Å². The summed E-state index contributed by atoms with van der Waals surface area (Å²) in [6.07, 6.45) is 2.11. The Morgan fingerprint density at radius 1 is 1.11 bits per heavy atom. The number of rotatable bonds is 5. The maximum Gasteiger partial charge on any atom is 0.417 e. The summed E-state index contributed by atoms with van der Waals surface area (Å²) in [7, 11) is 3.96. The lowest BCUT2D eigenvalue weighted by Crippen LogP contribution is -2.47. The van der Waals surface area contributed by atoms with Crippen molar-refractivity contribution >= 4 is 35.1 Å². The zero-order chi connectivity index (χ0) is 25.3. The molecule has 2 amide bonds. The molecular formula is C24H30ClF3N6O. The van der Waals surface area contributed by atoms with Gasteiger partial charge in [-0.2, -0.15) is 18.2 Å². The number of hydrogen-bond acceptors (Lipinski definition) is 5. The van der Waals surface area contributed by atoms with Crippen molar-refractivity contribution in [3.8, 4) is 0 Å². The van der Waals surface area contributed by atoms with Crippen LogP contribution in [-0.2, 0) is 19.0 Å². The molecular weight excluding hydrogens is 481 g/mol. The molecule has 190 valence electrons.